The Morgan fingerprint density at radius 2 is 1.51 bits per heavy atom. The summed E-state index contributed by atoms with van der Waals surface area (Å²) < 4.78 is 13.6. The first kappa shape index (κ1) is 26.1. The second kappa shape index (κ2) is 11.5. The van der Waals surface area contributed by atoms with Crippen LogP contribution in [0.4, 0.5) is 22.0 Å². The van der Waals surface area contributed by atoms with Gasteiger partial charge in [0.2, 0.25) is 5.95 Å². The molecule has 1 saturated carbocycles. The van der Waals surface area contributed by atoms with E-state index in [1.807, 2.05) is 12.1 Å². The minimum absolute atomic E-state index is 0.0266. The molecule has 0 amide bonds. The van der Waals surface area contributed by atoms with Crippen molar-refractivity contribution < 1.29 is 4.39 Å². The summed E-state index contributed by atoms with van der Waals surface area (Å²) in [6, 6.07) is 9.15. The first-order valence-electron chi connectivity index (χ1n) is 14.1. The molecule has 0 spiro atoms. The lowest BCUT2D eigenvalue weighted by atomic mass is 9.79. The summed E-state index contributed by atoms with van der Waals surface area (Å²) >= 11 is 5.74. The number of piperidine rings is 2. The number of anilines is 3. The van der Waals surface area contributed by atoms with Gasteiger partial charge in [-0.2, -0.15) is 9.97 Å². The topological polar surface area (TPSA) is 56.3 Å². The summed E-state index contributed by atoms with van der Waals surface area (Å²) in [5, 5.41) is 7.31. The summed E-state index contributed by atoms with van der Waals surface area (Å²) in [4.78, 5) is 14.6. The SMILES string of the molecule is C[C@@H]1CCCN(c2cc(N3CCC[C@H](C)C3)nc(NC(=S)NCC3(c4ccc(F)cc4)CCCC3)n2)C1. The maximum Gasteiger partial charge on any atom is 0.232 e. The van der Waals surface area contributed by atoms with Gasteiger partial charge in [-0.3, -0.25) is 0 Å². The second-order valence-electron chi connectivity index (χ2n) is 11.6. The van der Waals surface area contributed by atoms with Crippen molar-refractivity contribution in [1.82, 2.24) is 15.3 Å². The van der Waals surface area contributed by atoms with E-state index in [-0.39, 0.29) is 11.2 Å². The lowest BCUT2D eigenvalue weighted by Crippen LogP contribution is -2.41. The van der Waals surface area contributed by atoms with Gasteiger partial charge in [0, 0.05) is 44.2 Å². The molecule has 2 atom stereocenters. The Morgan fingerprint density at radius 1 is 0.946 bits per heavy atom. The zero-order valence-electron chi connectivity index (χ0n) is 22.3. The monoisotopic (exact) mass is 524 g/mol. The Bertz CT molecular complexity index is 1030. The maximum atomic E-state index is 13.6. The van der Waals surface area contributed by atoms with E-state index >= 15 is 0 Å². The predicted octanol–water partition coefficient (Wildman–Crippen LogP) is 5.89. The van der Waals surface area contributed by atoms with Crippen LogP contribution in [0.15, 0.2) is 30.3 Å². The molecule has 1 aromatic heterocycles. The molecular weight excluding hydrogens is 483 g/mol. The molecular formula is C29H41FN6S. The van der Waals surface area contributed by atoms with Gasteiger partial charge in [-0.05, 0) is 80.3 Å². The first-order chi connectivity index (χ1) is 17.9. The van der Waals surface area contributed by atoms with Crippen molar-refractivity contribution in [2.24, 2.45) is 11.8 Å². The van der Waals surface area contributed by atoms with E-state index in [4.69, 9.17) is 22.2 Å². The Morgan fingerprint density at radius 3 is 2.05 bits per heavy atom. The quantitative estimate of drug-likeness (QED) is 0.457. The fourth-order valence-corrected chi connectivity index (χ4v) is 6.58. The van der Waals surface area contributed by atoms with Crippen molar-refractivity contribution in [3.8, 4) is 0 Å². The van der Waals surface area contributed by atoms with Crippen molar-refractivity contribution in [2.75, 3.05) is 47.8 Å². The van der Waals surface area contributed by atoms with Crippen LogP contribution in [-0.2, 0) is 5.41 Å². The molecule has 8 heteroatoms. The van der Waals surface area contributed by atoms with Crippen molar-refractivity contribution in [2.45, 2.75) is 70.6 Å². The highest BCUT2D eigenvalue weighted by atomic mass is 32.1. The molecule has 0 bridgehead atoms. The predicted molar refractivity (Wildman–Crippen MR) is 154 cm³/mol. The number of hydrogen-bond acceptors (Lipinski definition) is 5. The summed E-state index contributed by atoms with van der Waals surface area (Å²) in [5.41, 5.74) is 1.15. The minimum atomic E-state index is -0.193. The molecule has 1 aromatic carbocycles. The molecule has 200 valence electrons. The molecule has 3 aliphatic rings. The zero-order valence-corrected chi connectivity index (χ0v) is 23.1. The van der Waals surface area contributed by atoms with E-state index in [2.05, 4.69) is 40.3 Å². The molecule has 1 aliphatic carbocycles. The van der Waals surface area contributed by atoms with Crippen LogP contribution in [-0.4, -0.2) is 47.8 Å². The molecule has 0 unspecified atom stereocenters. The Kier molecular flexibility index (Phi) is 8.12. The fourth-order valence-electron chi connectivity index (χ4n) is 6.41. The molecule has 5 rings (SSSR count). The van der Waals surface area contributed by atoms with Crippen molar-refractivity contribution >= 4 is 34.9 Å². The molecule has 2 N–H and O–H groups in total. The molecule has 37 heavy (non-hydrogen) atoms. The third-order valence-electron chi connectivity index (χ3n) is 8.49. The molecule has 3 heterocycles. The molecule has 2 saturated heterocycles. The lowest BCUT2D eigenvalue weighted by molar-refractivity contribution is 0.434. The summed E-state index contributed by atoms with van der Waals surface area (Å²) in [7, 11) is 0. The average molecular weight is 525 g/mol. The van der Waals surface area contributed by atoms with Gasteiger partial charge in [-0.15, -0.1) is 0 Å². The summed E-state index contributed by atoms with van der Waals surface area (Å²) in [6.07, 6.45) is 9.42. The molecule has 0 radical (unpaired) electrons. The van der Waals surface area contributed by atoms with Crippen LogP contribution >= 0.6 is 12.2 Å². The van der Waals surface area contributed by atoms with Crippen molar-refractivity contribution in [3.63, 3.8) is 0 Å². The average Bonchev–Trinajstić information content (AvgIpc) is 3.38. The van der Waals surface area contributed by atoms with Crippen LogP contribution < -0.4 is 20.4 Å². The van der Waals surface area contributed by atoms with E-state index in [0.29, 0.717) is 29.4 Å². The van der Waals surface area contributed by atoms with E-state index in [1.165, 1.54) is 44.1 Å². The third kappa shape index (κ3) is 6.33. The number of nitrogens with zero attached hydrogens (tertiary/aromatic N) is 4. The van der Waals surface area contributed by atoms with E-state index < -0.39 is 0 Å². The Labute approximate surface area is 226 Å². The third-order valence-corrected chi connectivity index (χ3v) is 8.74. The van der Waals surface area contributed by atoms with E-state index in [1.54, 1.807) is 12.1 Å². The van der Waals surface area contributed by atoms with Gasteiger partial charge in [-0.1, -0.05) is 38.8 Å². The van der Waals surface area contributed by atoms with Gasteiger partial charge in [0.1, 0.15) is 17.5 Å². The lowest BCUT2D eigenvalue weighted by Gasteiger charge is -2.35. The number of halogens is 1. The Hall–Kier alpha value is -2.48. The van der Waals surface area contributed by atoms with Crippen LogP contribution in [0.3, 0.4) is 0 Å². The van der Waals surface area contributed by atoms with E-state index in [9.17, 15) is 4.39 Å². The zero-order chi connectivity index (χ0) is 25.8. The second-order valence-corrected chi connectivity index (χ2v) is 12.0. The van der Waals surface area contributed by atoms with Crippen LogP contribution in [0, 0.1) is 17.7 Å². The highest BCUT2D eigenvalue weighted by Crippen LogP contribution is 2.40. The minimum Gasteiger partial charge on any atom is -0.361 e. The van der Waals surface area contributed by atoms with Crippen LogP contribution in [0.2, 0.25) is 0 Å². The van der Waals surface area contributed by atoms with E-state index in [0.717, 1.165) is 50.7 Å². The van der Waals surface area contributed by atoms with Gasteiger partial charge in [0.15, 0.2) is 5.11 Å². The highest BCUT2D eigenvalue weighted by molar-refractivity contribution is 7.80. The molecule has 2 aromatic rings. The number of benzene rings is 1. The normalized spacial score (nSPS) is 23.6. The molecule has 3 fully saturated rings. The number of thiocarbonyl (C=S) groups is 1. The summed E-state index contributed by atoms with van der Waals surface area (Å²) in [5.74, 6) is 3.66. The maximum absolute atomic E-state index is 13.6. The summed E-state index contributed by atoms with van der Waals surface area (Å²) in [6.45, 7) is 9.45. The highest BCUT2D eigenvalue weighted by Gasteiger charge is 2.35. The van der Waals surface area contributed by atoms with Gasteiger partial charge in [0.05, 0.1) is 0 Å². The van der Waals surface area contributed by atoms with Crippen LogP contribution in [0.1, 0.15) is 70.8 Å². The number of rotatable bonds is 6. The fraction of sp³-hybridized carbons (Fsp3) is 0.621. The number of nitrogens with one attached hydrogen (secondary N) is 2. The number of aromatic nitrogens is 2. The largest absolute Gasteiger partial charge is 0.361 e. The van der Waals surface area contributed by atoms with Gasteiger partial charge in [0.25, 0.3) is 0 Å². The molecule has 6 nitrogen and oxygen atoms in total. The van der Waals surface area contributed by atoms with Gasteiger partial charge >= 0.3 is 0 Å². The standard InChI is InChI=1S/C29H41FN6S/c1-21-7-5-15-35(18-21)25-17-26(36-16-6-8-22(2)19-36)33-27(32-25)34-28(37)31-20-29(13-3-4-14-29)23-9-11-24(30)12-10-23/h9-12,17,21-22H,3-8,13-16,18-20H2,1-2H3,(H2,31,32,33,34,37)/t21-,22+. The van der Waals surface area contributed by atoms with Crippen LogP contribution in [0.25, 0.3) is 0 Å². The Balaban J connectivity index is 1.32. The van der Waals surface area contributed by atoms with Gasteiger partial charge in [-0.25, -0.2) is 4.39 Å². The van der Waals surface area contributed by atoms with Crippen molar-refractivity contribution in [1.29, 1.82) is 0 Å². The van der Waals surface area contributed by atoms with Crippen molar-refractivity contribution in [3.05, 3.63) is 41.7 Å². The first-order valence-corrected chi connectivity index (χ1v) is 14.5. The number of hydrogen-bond donors (Lipinski definition) is 2. The molecule has 2 aliphatic heterocycles. The van der Waals surface area contributed by atoms with Crippen LogP contribution in [0.5, 0.6) is 0 Å². The van der Waals surface area contributed by atoms with Gasteiger partial charge < -0.3 is 20.4 Å². The smallest absolute Gasteiger partial charge is 0.232 e.